The van der Waals surface area contributed by atoms with Crippen LogP contribution in [0, 0.1) is 5.92 Å². The zero-order chi connectivity index (χ0) is 27.8. The number of nitrogens with zero attached hydrogens (tertiary/aromatic N) is 1. The number of hydrogen-bond donors (Lipinski definition) is 1. The molecule has 1 heterocycles. The zero-order valence-electron chi connectivity index (χ0n) is 21.5. The van der Waals surface area contributed by atoms with Crippen molar-refractivity contribution in [2.45, 2.75) is 13.3 Å². The highest BCUT2D eigenvalue weighted by molar-refractivity contribution is 6.00. The average Bonchev–Trinajstić information content (AvgIpc) is 3.34. The number of benzene rings is 3. The molecule has 3 aromatic carbocycles. The molecule has 0 aliphatic carbocycles. The number of nitrogens with one attached hydrogen (secondary N) is 1. The Morgan fingerprint density at radius 1 is 0.923 bits per heavy atom. The van der Waals surface area contributed by atoms with E-state index in [1.165, 1.54) is 17.0 Å². The Balaban J connectivity index is 1.27. The number of hydrogen-bond acceptors (Lipinski definition) is 8. The third-order valence-electron chi connectivity index (χ3n) is 5.93. The first kappa shape index (κ1) is 27.2. The molecule has 1 aliphatic rings. The van der Waals surface area contributed by atoms with E-state index in [0.29, 0.717) is 34.2 Å². The lowest BCUT2D eigenvalue weighted by atomic mass is 10.1. The SMILES string of the molecule is CCOC(=O)c1ccc(NC(=O)COC(=O)[C@@H]2CC(=O)N(c3ccc(Oc4ccccc4OC)cc3)C2)cc1. The van der Waals surface area contributed by atoms with Crippen LogP contribution in [0.1, 0.15) is 23.7 Å². The number of carbonyl (C=O) groups excluding carboxylic acids is 4. The molecule has 1 fully saturated rings. The van der Waals surface area contributed by atoms with E-state index in [2.05, 4.69) is 5.32 Å². The lowest BCUT2D eigenvalue weighted by Crippen LogP contribution is -2.28. The summed E-state index contributed by atoms with van der Waals surface area (Å²) in [6.45, 7) is 1.61. The highest BCUT2D eigenvalue weighted by Gasteiger charge is 2.36. The first-order chi connectivity index (χ1) is 18.9. The molecular weight excluding hydrogens is 504 g/mol. The molecule has 1 aliphatic heterocycles. The van der Waals surface area contributed by atoms with Crippen molar-refractivity contribution in [1.82, 2.24) is 0 Å². The van der Waals surface area contributed by atoms with Gasteiger partial charge >= 0.3 is 11.9 Å². The second kappa shape index (κ2) is 12.6. The molecule has 0 unspecified atom stereocenters. The van der Waals surface area contributed by atoms with E-state index in [-0.39, 0.29) is 25.5 Å². The van der Waals surface area contributed by atoms with Gasteiger partial charge in [0.2, 0.25) is 5.91 Å². The standard InChI is InChI=1S/C29H28N2O8/c1-3-37-28(34)19-8-10-21(11-9-19)30-26(32)18-38-29(35)20-16-27(33)31(17-20)22-12-14-23(15-13-22)39-25-7-5-4-6-24(25)36-2/h4-15,20H,3,16-18H2,1-2H3,(H,30,32)/t20-/m1/s1. The Morgan fingerprint density at radius 3 is 2.28 bits per heavy atom. The number of anilines is 2. The fourth-order valence-electron chi connectivity index (χ4n) is 3.99. The molecule has 1 atom stereocenters. The Hall–Kier alpha value is -4.86. The van der Waals surface area contributed by atoms with Gasteiger partial charge in [0.1, 0.15) is 5.75 Å². The van der Waals surface area contributed by atoms with E-state index in [4.69, 9.17) is 18.9 Å². The molecule has 202 valence electrons. The molecule has 0 radical (unpaired) electrons. The smallest absolute Gasteiger partial charge is 0.338 e. The van der Waals surface area contributed by atoms with Gasteiger partial charge in [-0.1, -0.05) is 12.1 Å². The number of carbonyl (C=O) groups is 4. The second-order valence-corrected chi connectivity index (χ2v) is 8.61. The molecule has 0 bridgehead atoms. The van der Waals surface area contributed by atoms with Crippen molar-refractivity contribution in [3.63, 3.8) is 0 Å². The molecule has 0 spiro atoms. The number of esters is 2. The molecule has 10 nitrogen and oxygen atoms in total. The third kappa shape index (κ3) is 6.92. The summed E-state index contributed by atoms with van der Waals surface area (Å²) in [7, 11) is 1.56. The summed E-state index contributed by atoms with van der Waals surface area (Å²) >= 11 is 0. The van der Waals surface area contributed by atoms with Crippen molar-refractivity contribution in [2.75, 3.05) is 37.1 Å². The Morgan fingerprint density at radius 2 is 1.62 bits per heavy atom. The molecule has 4 rings (SSSR count). The summed E-state index contributed by atoms with van der Waals surface area (Å²) in [5, 5.41) is 2.59. The van der Waals surface area contributed by atoms with Crippen molar-refractivity contribution >= 4 is 35.1 Å². The van der Waals surface area contributed by atoms with Crippen LogP contribution in [0.5, 0.6) is 17.2 Å². The highest BCUT2D eigenvalue weighted by atomic mass is 16.5. The van der Waals surface area contributed by atoms with E-state index in [9.17, 15) is 19.2 Å². The maximum atomic E-state index is 12.6. The highest BCUT2D eigenvalue weighted by Crippen LogP contribution is 2.33. The Labute approximate surface area is 225 Å². The van der Waals surface area contributed by atoms with Gasteiger partial charge in [-0.05, 0) is 67.6 Å². The quantitative estimate of drug-likeness (QED) is 0.386. The number of amides is 2. The Kier molecular flexibility index (Phi) is 8.78. The van der Waals surface area contributed by atoms with E-state index < -0.39 is 30.4 Å². The maximum Gasteiger partial charge on any atom is 0.338 e. The van der Waals surface area contributed by atoms with Crippen LogP contribution in [0.3, 0.4) is 0 Å². The van der Waals surface area contributed by atoms with E-state index in [1.54, 1.807) is 62.6 Å². The van der Waals surface area contributed by atoms with Gasteiger partial charge < -0.3 is 29.2 Å². The monoisotopic (exact) mass is 532 g/mol. The van der Waals surface area contributed by atoms with Gasteiger partial charge in [0.15, 0.2) is 18.1 Å². The molecule has 0 saturated carbocycles. The first-order valence-electron chi connectivity index (χ1n) is 12.3. The van der Waals surface area contributed by atoms with Crippen LogP contribution >= 0.6 is 0 Å². The predicted octanol–water partition coefficient (Wildman–Crippen LogP) is 4.20. The minimum atomic E-state index is -0.696. The minimum absolute atomic E-state index is 0.0186. The van der Waals surface area contributed by atoms with Gasteiger partial charge in [-0.15, -0.1) is 0 Å². The zero-order valence-corrected chi connectivity index (χ0v) is 21.5. The molecule has 1 saturated heterocycles. The summed E-state index contributed by atoms with van der Waals surface area (Å²) in [4.78, 5) is 50.6. The predicted molar refractivity (Wildman–Crippen MR) is 142 cm³/mol. The number of rotatable bonds is 10. The van der Waals surface area contributed by atoms with Crippen molar-refractivity contribution in [1.29, 1.82) is 0 Å². The maximum absolute atomic E-state index is 12.6. The van der Waals surface area contributed by atoms with Crippen LogP contribution in [-0.2, 0) is 23.9 Å². The van der Waals surface area contributed by atoms with Gasteiger partial charge in [-0.3, -0.25) is 14.4 Å². The molecule has 2 amide bonds. The molecule has 1 N–H and O–H groups in total. The van der Waals surface area contributed by atoms with Crippen LogP contribution in [0.2, 0.25) is 0 Å². The van der Waals surface area contributed by atoms with Crippen LogP contribution in [0.4, 0.5) is 11.4 Å². The van der Waals surface area contributed by atoms with Crippen LogP contribution in [0.25, 0.3) is 0 Å². The lowest BCUT2D eigenvalue weighted by molar-refractivity contribution is -0.151. The van der Waals surface area contributed by atoms with Crippen molar-refractivity contribution < 1.29 is 38.1 Å². The average molecular weight is 533 g/mol. The topological polar surface area (TPSA) is 120 Å². The normalized spacial score (nSPS) is 14.5. The van der Waals surface area contributed by atoms with Gasteiger partial charge in [0, 0.05) is 24.3 Å². The second-order valence-electron chi connectivity index (χ2n) is 8.61. The molecule has 10 heteroatoms. The minimum Gasteiger partial charge on any atom is -0.493 e. The van der Waals surface area contributed by atoms with Gasteiger partial charge in [-0.25, -0.2) is 4.79 Å². The fraction of sp³-hybridized carbons (Fsp3) is 0.241. The summed E-state index contributed by atoms with van der Waals surface area (Å²) in [6.07, 6.45) is -0.0186. The summed E-state index contributed by atoms with van der Waals surface area (Å²) in [5.41, 5.74) is 1.41. The third-order valence-corrected chi connectivity index (χ3v) is 5.93. The van der Waals surface area contributed by atoms with Crippen molar-refractivity contribution in [3.8, 4) is 17.2 Å². The van der Waals surface area contributed by atoms with Crippen LogP contribution in [0.15, 0.2) is 72.8 Å². The fourth-order valence-corrected chi connectivity index (χ4v) is 3.99. The molecule has 0 aromatic heterocycles. The van der Waals surface area contributed by atoms with Crippen molar-refractivity contribution in [2.24, 2.45) is 5.92 Å². The summed E-state index contributed by atoms with van der Waals surface area (Å²) in [6, 6.07) is 20.3. The Bertz CT molecular complexity index is 1340. The first-order valence-corrected chi connectivity index (χ1v) is 12.3. The van der Waals surface area contributed by atoms with Crippen LogP contribution in [-0.4, -0.2) is 50.6 Å². The number of methoxy groups -OCH3 is 1. The summed E-state index contributed by atoms with van der Waals surface area (Å²) < 4.78 is 21.2. The van der Waals surface area contributed by atoms with Crippen LogP contribution < -0.4 is 19.7 Å². The number of ether oxygens (including phenoxy) is 4. The van der Waals surface area contributed by atoms with Crippen molar-refractivity contribution in [3.05, 3.63) is 78.4 Å². The largest absolute Gasteiger partial charge is 0.493 e. The van der Waals surface area contributed by atoms with E-state index >= 15 is 0 Å². The molecular formula is C29H28N2O8. The van der Waals surface area contributed by atoms with Gasteiger partial charge in [0.25, 0.3) is 5.91 Å². The molecule has 39 heavy (non-hydrogen) atoms. The summed E-state index contributed by atoms with van der Waals surface area (Å²) in [5.74, 6) is -0.827. The van der Waals surface area contributed by atoms with Gasteiger partial charge in [-0.2, -0.15) is 0 Å². The number of para-hydroxylation sites is 2. The van der Waals surface area contributed by atoms with Gasteiger partial charge in [0.05, 0.1) is 25.2 Å². The molecule has 3 aromatic rings. The lowest BCUT2D eigenvalue weighted by Gasteiger charge is -2.17. The van der Waals surface area contributed by atoms with E-state index in [1.807, 2.05) is 12.1 Å². The van der Waals surface area contributed by atoms with E-state index in [0.717, 1.165) is 0 Å².